The Morgan fingerprint density at radius 2 is 1.36 bits per heavy atom. The Morgan fingerprint density at radius 3 is 1.96 bits per heavy atom. The third-order valence-electron chi connectivity index (χ3n) is 7.72. The number of carbonyl (C=O) groups excluding carboxylic acids is 1. The van der Waals surface area contributed by atoms with Gasteiger partial charge in [-0.05, 0) is 66.9 Å². The first-order chi connectivity index (χ1) is 23.0. The van der Waals surface area contributed by atoms with Gasteiger partial charge in [0, 0.05) is 70.3 Å². The number of carboxylic acids is 1. The number of hydrogen-bond donors (Lipinski definition) is 5. The molecule has 1 aliphatic heterocycles. The summed E-state index contributed by atoms with van der Waals surface area (Å²) in [7, 11) is 0. The topological polar surface area (TPSA) is 149 Å². The first-order valence-electron chi connectivity index (χ1n) is 16.1. The van der Waals surface area contributed by atoms with Crippen LogP contribution >= 0.6 is 0 Å². The fourth-order valence-electron chi connectivity index (χ4n) is 5.02. The molecule has 0 unspecified atom stereocenters. The standard InChI is InChI=1S/C25H29N5O3.C11H17N3/c31-24(20-11-9-19(10-12-20)16-27-18-22-7-2-4-15-29-22)30-23(25(32)33)8-5-13-26-17-21-6-1-3-14-28-21;12-14-8-6-13(7-9-14)10-11-4-2-1-3-5-11/h1-4,6-7,9-12,14-15,23,26-27H,5,8,13,16-18H2,(H,30,31)(H,32,33);1-5H,6-10,12H2/t23-;/m0./s1. The molecule has 2 aromatic heterocycles. The average Bonchev–Trinajstić information content (AvgIpc) is 3.10. The lowest BCUT2D eigenvalue weighted by Crippen LogP contribution is -2.48. The molecule has 0 radical (unpaired) electrons. The number of piperazine rings is 1. The summed E-state index contributed by atoms with van der Waals surface area (Å²) in [6.45, 7) is 7.71. The molecule has 47 heavy (non-hydrogen) atoms. The number of hydrazine groups is 1. The summed E-state index contributed by atoms with van der Waals surface area (Å²) in [6.07, 6.45) is 4.45. The maximum absolute atomic E-state index is 12.5. The van der Waals surface area contributed by atoms with E-state index in [0.29, 0.717) is 44.6 Å². The summed E-state index contributed by atoms with van der Waals surface area (Å²) >= 11 is 0. The summed E-state index contributed by atoms with van der Waals surface area (Å²) in [6, 6.07) is 28.3. The highest BCUT2D eigenvalue weighted by Gasteiger charge is 2.20. The van der Waals surface area contributed by atoms with E-state index in [1.807, 2.05) is 53.5 Å². The molecule has 0 bridgehead atoms. The molecule has 1 fully saturated rings. The maximum Gasteiger partial charge on any atom is 0.326 e. The van der Waals surface area contributed by atoms with Crippen LogP contribution in [0.2, 0.25) is 0 Å². The lowest BCUT2D eigenvalue weighted by molar-refractivity contribution is -0.139. The molecule has 1 atom stereocenters. The van der Waals surface area contributed by atoms with E-state index in [-0.39, 0.29) is 0 Å². The van der Waals surface area contributed by atoms with Crippen molar-refractivity contribution in [3.63, 3.8) is 0 Å². The van der Waals surface area contributed by atoms with Crippen molar-refractivity contribution in [1.82, 2.24) is 35.8 Å². The molecule has 248 valence electrons. The number of nitrogens with one attached hydrogen (secondary N) is 3. The van der Waals surface area contributed by atoms with E-state index in [2.05, 4.69) is 61.2 Å². The van der Waals surface area contributed by atoms with Crippen molar-refractivity contribution in [2.24, 2.45) is 5.84 Å². The van der Waals surface area contributed by atoms with Gasteiger partial charge in [-0.3, -0.25) is 25.5 Å². The fourth-order valence-corrected chi connectivity index (χ4v) is 5.02. The normalized spacial score (nSPS) is 14.1. The van der Waals surface area contributed by atoms with Gasteiger partial charge in [-0.1, -0.05) is 54.6 Å². The van der Waals surface area contributed by atoms with Gasteiger partial charge in [-0.2, -0.15) is 0 Å². The quantitative estimate of drug-likeness (QED) is 0.0971. The van der Waals surface area contributed by atoms with Crippen LogP contribution in [0.3, 0.4) is 0 Å². The van der Waals surface area contributed by atoms with Crippen LogP contribution in [0, 0.1) is 0 Å². The van der Waals surface area contributed by atoms with Crippen LogP contribution < -0.4 is 21.8 Å². The van der Waals surface area contributed by atoms with Gasteiger partial charge in [0.25, 0.3) is 5.91 Å². The summed E-state index contributed by atoms with van der Waals surface area (Å²) < 4.78 is 0. The zero-order valence-corrected chi connectivity index (χ0v) is 26.8. The van der Waals surface area contributed by atoms with Crippen molar-refractivity contribution < 1.29 is 14.7 Å². The van der Waals surface area contributed by atoms with Crippen molar-refractivity contribution in [2.45, 2.75) is 45.1 Å². The third-order valence-corrected chi connectivity index (χ3v) is 7.72. The van der Waals surface area contributed by atoms with E-state index < -0.39 is 17.9 Å². The van der Waals surface area contributed by atoms with Gasteiger partial charge >= 0.3 is 5.97 Å². The molecule has 11 nitrogen and oxygen atoms in total. The van der Waals surface area contributed by atoms with Gasteiger partial charge < -0.3 is 21.1 Å². The largest absolute Gasteiger partial charge is 0.480 e. The Hall–Kier alpha value is -4.52. The molecule has 0 saturated carbocycles. The molecule has 5 rings (SSSR count). The number of carbonyl (C=O) groups is 2. The Morgan fingerprint density at radius 1 is 0.745 bits per heavy atom. The van der Waals surface area contributed by atoms with Crippen molar-refractivity contribution >= 4 is 11.9 Å². The average molecular weight is 639 g/mol. The summed E-state index contributed by atoms with van der Waals surface area (Å²) in [5.41, 5.74) is 4.73. The van der Waals surface area contributed by atoms with E-state index in [1.165, 1.54) is 5.56 Å². The summed E-state index contributed by atoms with van der Waals surface area (Å²) in [5, 5.41) is 20.5. The fraction of sp³-hybridized carbons (Fsp3) is 0.333. The van der Waals surface area contributed by atoms with Gasteiger partial charge in [0.2, 0.25) is 0 Å². The SMILES string of the molecule is NN1CCN(Cc2ccccc2)CC1.O=C(N[C@@H](CCCNCc1ccccn1)C(=O)O)c1ccc(CNCc2ccccn2)cc1. The number of rotatable bonds is 15. The highest BCUT2D eigenvalue weighted by atomic mass is 16.4. The maximum atomic E-state index is 12.5. The molecule has 1 amide bonds. The number of aromatic nitrogens is 2. The number of nitrogens with two attached hydrogens (primary N) is 1. The molecule has 6 N–H and O–H groups in total. The number of pyridine rings is 2. The van der Waals surface area contributed by atoms with Crippen LogP contribution in [0.4, 0.5) is 0 Å². The van der Waals surface area contributed by atoms with Crippen LogP contribution in [0.15, 0.2) is 103 Å². The zero-order chi connectivity index (χ0) is 33.1. The summed E-state index contributed by atoms with van der Waals surface area (Å²) in [4.78, 5) is 35.0. The lowest BCUT2D eigenvalue weighted by Gasteiger charge is -2.31. The molecule has 1 saturated heterocycles. The predicted octanol–water partition coefficient (Wildman–Crippen LogP) is 3.20. The molecule has 3 heterocycles. The van der Waals surface area contributed by atoms with Crippen molar-refractivity contribution in [3.8, 4) is 0 Å². The first-order valence-corrected chi connectivity index (χ1v) is 16.1. The molecular weight excluding hydrogens is 592 g/mol. The second-order valence-corrected chi connectivity index (χ2v) is 11.4. The highest BCUT2D eigenvalue weighted by molar-refractivity contribution is 5.96. The molecular formula is C36H46N8O3. The number of carboxylic acid groups (broad SMARTS) is 1. The van der Waals surface area contributed by atoms with Crippen LogP contribution in [0.25, 0.3) is 0 Å². The monoisotopic (exact) mass is 638 g/mol. The highest BCUT2D eigenvalue weighted by Crippen LogP contribution is 2.08. The molecule has 0 aliphatic carbocycles. The van der Waals surface area contributed by atoms with Gasteiger partial charge in [0.05, 0.1) is 11.4 Å². The van der Waals surface area contributed by atoms with Gasteiger partial charge in [0.15, 0.2) is 0 Å². The minimum atomic E-state index is -1.04. The number of aliphatic carboxylic acids is 1. The molecule has 11 heteroatoms. The number of nitrogens with zero attached hydrogens (tertiary/aromatic N) is 4. The number of hydrogen-bond acceptors (Lipinski definition) is 9. The molecule has 1 aliphatic rings. The van der Waals surface area contributed by atoms with Crippen molar-refractivity contribution in [2.75, 3.05) is 32.7 Å². The van der Waals surface area contributed by atoms with E-state index in [1.54, 1.807) is 24.5 Å². The minimum absolute atomic E-state index is 0.339. The van der Waals surface area contributed by atoms with E-state index in [4.69, 9.17) is 5.84 Å². The van der Waals surface area contributed by atoms with E-state index in [9.17, 15) is 14.7 Å². The zero-order valence-electron chi connectivity index (χ0n) is 26.8. The Balaban J connectivity index is 0.000000295. The number of benzene rings is 2. The van der Waals surface area contributed by atoms with E-state index in [0.717, 1.165) is 49.7 Å². The second-order valence-electron chi connectivity index (χ2n) is 11.4. The Kier molecular flexibility index (Phi) is 14.9. The smallest absolute Gasteiger partial charge is 0.326 e. The summed E-state index contributed by atoms with van der Waals surface area (Å²) in [5.74, 6) is 4.27. The van der Waals surface area contributed by atoms with Gasteiger partial charge in [-0.15, -0.1) is 0 Å². The number of amides is 1. The Labute approximate surface area is 277 Å². The third kappa shape index (κ3) is 13.4. The first kappa shape index (κ1) is 35.3. The van der Waals surface area contributed by atoms with Crippen molar-refractivity contribution in [3.05, 3.63) is 131 Å². The second kappa shape index (κ2) is 19.9. The van der Waals surface area contributed by atoms with Crippen LogP contribution in [-0.2, 0) is 31.0 Å². The lowest BCUT2D eigenvalue weighted by atomic mass is 10.1. The van der Waals surface area contributed by atoms with Gasteiger partial charge in [0.1, 0.15) is 6.04 Å². The van der Waals surface area contributed by atoms with Crippen LogP contribution in [0.5, 0.6) is 0 Å². The minimum Gasteiger partial charge on any atom is -0.480 e. The van der Waals surface area contributed by atoms with Crippen LogP contribution in [0.1, 0.15) is 45.7 Å². The Bertz CT molecular complexity index is 1450. The molecule has 2 aromatic carbocycles. The molecule has 4 aromatic rings. The van der Waals surface area contributed by atoms with E-state index >= 15 is 0 Å². The van der Waals surface area contributed by atoms with Crippen molar-refractivity contribution in [1.29, 1.82) is 0 Å². The molecule has 0 spiro atoms. The van der Waals surface area contributed by atoms with Crippen LogP contribution in [-0.4, -0.2) is 75.6 Å². The van der Waals surface area contributed by atoms with Gasteiger partial charge in [-0.25, -0.2) is 9.80 Å². The predicted molar refractivity (Wildman–Crippen MR) is 183 cm³/mol.